The Morgan fingerprint density at radius 1 is 1.45 bits per heavy atom. The maximum absolute atomic E-state index is 13.4. The average Bonchev–Trinajstić information content (AvgIpc) is 2.38. The second-order valence-electron chi connectivity index (χ2n) is 4.50. The number of rotatable bonds is 2. The minimum atomic E-state index is -0.707. The summed E-state index contributed by atoms with van der Waals surface area (Å²) >= 11 is 0. The number of nitrogens with zero attached hydrogens (tertiary/aromatic N) is 1. The van der Waals surface area contributed by atoms with E-state index in [1.54, 1.807) is 4.90 Å². The molecule has 1 aliphatic heterocycles. The molecule has 1 saturated heterocycles. The van der Waals surface area contributed by atoms with Crippen molar-refractivity contribution in [3.8, 4) is 0 Å². The zero-order valence-corrected chi connectivity index (χ0v) is 11.9. The number of hydrogen-bond donors (Lipinski definition) is 1. The Hall–Kier alpha value is -1.40. The van der Waals surface area contributed by atoms with Gasteiger partial charge in [-0.1, -0.05) is 6.07 Å². The summed E-state index contributed by atoms with van der Waals surface area (Å²) in [5.74, 6) is -1.41. The molecule has 2 rings (SSSR count). The highest BCUT2D eigenvalue weighted by molar-refractivity contribution is 5.85. The number of piperazine rings is 1. The minimum Gasteiger partial charge on any atom is -0.444 e. The molecule has 1 aromatic rings. The van der Waals surface area contributed by atoms with Crippen molar-refractivity contribution < 1.29 is 18.3 Å². The highest BCUT2D eigenvalue weighted by Gasteiger charge is 2.24. The van der Waals surface area contributed by atoms with Crippen LogP contribution in [0.4, 0.5) is 13.6 Å². The summed E-state index contributed by atoms with van der Waals surface area (Å²) in [4.78, 5) is 13.4. The zero-order chi connectivity index (χ0) is 13.8. The van der Waals surface area contributed by atoms with E-state index in [1.165, 1.54) is 6.07 Å². The first-order chi connectivity index (χ1) is 9.09. The Balaban J connectivity index is 0.00000200. The fourth-order valence-corrected chi connectivity index (χ4v) is 2.00. The van der Waals surface area contributed by atoms with Gasteiger partial charge in [-0.05, 0) is 19.1 Å². The molecular formula is C13H17ClF2N2O2. The van der Waals surface area contributed by atoms with Crippen LogP contribution in [0.25, 0.3) is 0 Å². The summed E-state index contributed by atoms with van der Waals surface area (Å²) in [7, 11) is 0. The summed E-state index contributed by atoms with van der Waals surface area (Å²) in [6.07, 6.45) is -0.545. The SMILES string of the molecule is CC1CNCCN1C(=O)OCc1c(F)cccc1F.Cl. The molecule has 1 aromatic carbocycles. The molecule has 0 spiro atoms. The lowest BCUT2D eigenvalue weighted by molar-refractivity contribution is 0.0744. The van der Waals surface area contributed by atoms with Gasteiger partial charge in [0.1, 0.15) is 18.2 Å². The van der Waals surface area contributed by atoms with E-state index >= 15 is 0 Å². The van der Waals surface area contributed by atoms with Crippen molar-refractivity contribution in [2.45, 2.75) is 19.6 Å². The van der Waals surface area contributed by atoms with E-state index in [0.717, 1.165) is 12.1 Å². The van der Waals surface area contributed by atoms with E-state index in [-0.39, 0.29) is 24.0 Å². The number of benzene rings is 1. The topological polar surface area (TPSA) is 41.6 Å². The predicted molar refractivity (Wildman–Crippen MR) is 72.8 cm³/mol. The van der Waals surface area contributed by atoms with Crippen LogP contribution in [-0.4, -0.2) is 36.7 Å². The number of amides is 1. The van der Waals surface area contributed by atoms with Crippen molar-refractivity contribution in [3.05, 3.63) is 35.4 Å². The fourth-order valence-electron chi connectivity index (χ4n) is 2.00. The first kappa shape index (κ1) is 16.7. The lowest BCUT2D eigenvalue weighted by atomic mass is 10.2. The van der Waals surface area contributed by atoms with Crippen LogP contribution in [0.1, 0.15) is 12.5 Å². The van der Waals surface area contributed by atoms with Crippen molar-refractivity contribution in [3.63, 3.8) is 0 Å². The molecule has 1 unspecified atom stereocenters. The summed E-state index contributed by atoms with van der Waals surface area (Å²) < 4.78 is 31.7. The lowest BCUT2D eigenvalue weighted by Crippen LogP contribution is -2.52. The molecule has 20 heavy (non-hydrogen) atoms. The first-order valence-electron chi connectivity index (χ1n) is 6.16. The van der Waals surface area contributed by atoms with Crippen LogP contribution in [0, 0.1) is 11.6 Å². The van der Waals surface area contributed by atoms with E-state index in [1.807, 2.05) is 6.92 Å². The van der Waals surface area contributed by atoms with Crippen molar-refractivity contribution in [1.29, 1.82) is 0 Å². The van der Waals surface area contributed by atoms with Gasteiger partial charge in [0.05, 0.1) is 5.56 Å². The van der Waals surface area contributed by atoms with Gasteiger partial charge >= 0.3 is 6.09 Å². The summed E-state index contributed by atoms with van der Waals surface area (Å²) in [6.45, 7) is 3.39. The van der Waals surface area contributed by atoms with E-state index in [4.69, 9.17) is 4.74 Å². The molecule has 1 heterocycles. The number of carbonyl (C=O) groups excluding carboxylic acids is 1. The Bertz CT molecular complexity index is 453. The van der Waals surface area contributed by atoms with Crippen LogP contribution in [0.5, 0.6) is 0 Å². The van der Waals surface area contributed by atoms with Crippen LogP contribution in [-0.2, 0) is 11.3 Å². The van der Waals surface area contributed by atoms with Crippen molar-refractivity contribution in [2.24, 2.45) is 0 Å². The molecule has 7 heteroatoms. The Morgan fingerprint density at radius 2 is 2.10 bits per heavy atom. The third-order valence-corrected chi connectivity index (χ3v) is 3.14. The molecule has 1 amide bonds. The maximum atomic E-state index is 13.4. The number of hydrogen-bond acceptors (Lipinski definition) is 3. The Morgan fingerprint density at radius 3 is 2.70 bits per heavy atom. The van der Waals surface area contributed by atoms with Gasteiger partial charge in [0, 0.05) is 25.7 Å². The number of carbonyl (C=O) groups is 1. The number of halogens is 3. The van der Waals surface area contributed by atoms with Gasteiger partial charge < -0.3 is 15.0 Å². The first-order valence-corrected chi connectivity index (χ1v) is 6.16. The maximum Gasteiger partial charge on any atom is 0.410 e. The van der Waals surface area contributed by atoms with Gasteiger partial charge in [-0.25, -0.2) is 13.6 Å². The minimum absolute atomic E-state index is 0. The van der Waals surface area contributed by atoms with Crippen LogP contribution in [0.2, 0.25) is 0 Å². The van der Waals surface area contributed by atoms with Gasteiger partial charge in [0.15, 0.2) is 0 Å². The summed E-state index contributed by atoms with van der Waals surface area (Å²) in [6, 6.07) is 3.56. The van der Waals surface area contributed by atoms with Crippen molar-refractivity contribution in [2.75, 3.05) is 19.6 Å². The van der Waals surface area contributed by atoms with Crippen LogP contribution >= 0.6 is 12.4 Å². The van der Waals surface area contributed by atoms with Gasteiger partial charge in [-0.2, -0.15) is 0 Å². The molecule has 0 radical (unpaired) electrons. The number of nitrogens with one attached hydrogen (secondary N) is 1. The molecule has 0 aliphatic carbocycles. The van der Waals surface area contributed by atoms with E-state index in [2.05, 4.69) is 5.32 Å². The standard InChI is InChI=1S/C13H16F2N2O2.ClH/c1-9-7-16-5-6-17(9)13(18)19-8-10-11(14)3-2-4-12(10)15;/h2-4,9,16H,5-8H2,1H3;1H. The largest absolute Gasteiger partial charge is 0.444 e. The summed E-state index contributed by atoms with van der Waals surface area (Å²) in [5, 5.41) is 3.14. The molecular weight excluding hydrogens is 290 g/mol. The zero-order valence-electron chi connectivity index (χ0n) is 11.1. The second kappa shape index (κ2) is 7.40. The third-order valence-electron chi connectivity index (χ3n) is 3.14. The lowest BCUT2D eigenvalue weighted by Gasteiger charge is -2.32. The van der Waals surface area contributed by atoms with Crippen LogP contribution < -0.4 is 5.32 Å². The van der Waals surface area contributed by atoms with Crippen LogP contribution in [0.15, 0.2) is 18.2 Å². The molecule has 1 fully saturated rings. The quantitative estimate of drug-likeness (QED) is 0.912. The fraction of sp³-hybridized carbons (Fsp3) is 0.462. The van der Waals surface area contributed by atoms with Gasteiger partial charge in [-0.15, -0.1) is 12.4 Å². The highest BCUT2D eigenvalue weighted by Crippen LogP contribution is 2.14. The van der Waals surface area contributed by atoms with Crippen molar-refractivity contribution in [1.82, 2.24) is 10.2 Å². The normalized spacial score (nSPS) is 18.4. The van der Waals surface area contributed by atoms with Crippen LogP contribution in [0.3, 0.4) is 0 Å². The van der Waals surface area contributed by atoms with E-state index in [9.17, 15) is 13.6 Å². The smallest absolute Gasteiger partial charge is 0.410 e. The molecule has 1 atom stereocenters. The van der Waals surface area contributed by atoms with E-state index < -0.39 is 24.3 Å². The third kappa shape index (κ3) is 3.80. The molecule has 0 aromatic heterocycles. The van der Waals surface area contributed by atoms with E-state index in [0.29, 0.717) is 19.6 Å². The Labute approximate surface area is 122 Å². The second-order valence-corrected chi connectivity index (χ2v) is 4.50. The van der Waals surface area contributed by atoms with Crippen molar-refractivity contribution >= 4 is 18.5 Å². The Kier molecular flexibility index (Phi) is 6.16. The molecule has 0 saturated carbocycles. The molecule has 0 bridgehead atoms. The highest BCUT2D eigenvalue weighted by atomic mass is 35.5. The van der Waals surface area contributed by atoms with Gasteiger partial charge in [0.25, 0.3) is 0 Å². The van der Waals surface area contributed by atoms with Gasteiger partial charge in [0.2, 0.25) is 0 Å². The molecule has 1 N–H and O–H groups in total. The monoisotopic (exact) mass is 306 g/mol. The van der Waals surface area contributed by atoms with Gasteiger partial charge in [-0.3, -0.25) is 0 Å². The molecule has 1 aliphatic rings. The predicted octanol–water partition coefficient (Wildman–Crippen LogP) is 2.32. The average molecular weight is 307 g/mol. The molecule has 4 nitrogen and oxygen atoms in total. The number of ether oxygens (including phenoxy) is 1. The molecule has 112 valence electrons. The summed E-state index contributed by atoms with van der Waals surface area (Å²) in [5.41, 5.74) is -0.223.